The molecule has 0 saturated carbocycles. The van der Waals surface area contributed by atoms with E-state index in [-0.39, 0.29) is 25.7 Å². The fraction of sp³-hybridized carbons (Fsp3) is 0.895. The highest BCUT2D eigenvalue weighted by Crippen LogP contribution is 2.45. The maximum Gasteiger partial charge on any atom is 0.472 e. The van der Waals surface area contributed by atoms with Gasteiger partial charge in [-0.05, 0) is 57.3 Å². The summed E-state index contributed by atoms with van der Waals surface area (Å²) in [7, 11) is -9.92. The molecule has 0 amide bonds. The van der Waals surface area contributed by atoms with Crippen molar-refractivity contribution in [1.29, 1.82) is 0 Å². The third kappa shape index (κ3) is 68.5. The quantitative estimate of drug-likeness (QED) is 0.0169. The molecule has 3 unspecified atom stereocenters. The second-order valence-electron chi connectivity index (χ2n) is 26.9. The van der Waals surface area contributed by atoms with E-state index in [1.807, 2.05) is 0 Å². The molecular weight excluding hydrogens is 1250 g/mol. The van der Waals surface area contributed by atoms with Gasteiger partial charge in [0.2, 0.25) is 0 Å². The van der Waals surface area contributed by atoms with Crippen LogP contribution in [0.5, 0.6) is 0 Å². The van der Waals surface area contributed by atoms with Crippen LogP contribution in [0, 0.1) is 5.92 Å². The molecule has 0 fully saturated rings. The molecule has 19 heteroatoms. The second-order valence-corrected chi connectivity index (χ2v) is 29.9. The van der Waals surface area contributed by atoms with E-state index >= 15 is 0 Å². The molecule has 0 rings (SSSR count). The van der Waals surface area contributed by atoms with E-state index in [4.69, 9.17) is 37.0 Å². The first-order valence-electron chi connectivity index (χ1n) is 39.0. The van der Waals surface area contributed by atoms with Gasteiger partial charge < -0.3 is 33.8 Å². The van der Waals surface area contributed by atoms with E-state index in [1.54, 1.807) is 0 Å². The number of ether oxygens (including phenoxy) is 4. The minimum atomic E-state index is -4.96. The monoisotopic (exact) mass is 1390 g/mol. The number of hydrogen-bond donors (Lipinski definition) is 3. The lowest BCUT2D eigenvalue weighted by Gasteiger charge is -2.21. The average molecular weight is 1390 g/mol. The topological polar surface area (TPSA) is 237 Å². The standard InChI is InChI=1S/C76H144O17P2/c1-6-10-13-16-19-21-23-25-27-32-36-40-45-50-55-60-74(79)87-66-72(93-76(81)62-57-52-47-42-38-34-30-29-31-35-39-44-48-53-58-69(5)9-4)68-91-95(84,85)89-64-70(77)63-88-94(82,83)90-67-71(65-86-73(78)59-54-49-43-18-15-12-8-3)92-75(80)61-56-51-46-41-37-33-28-26-24-22-20-17-14-11-7-2/h21,23,25,27,69-72,77H,6-20,22,24,26,28-68H2,1-5H3,(H,82,83)(H,84,85)/b23-21-,27-25-/t69?,70-,71+,72+/m0/s1. The molecular formula is C76H144O17P2. The van der Waals surface area contributed by atoms with Crippen LogP contribution in [0.3, 0.4) is 0 Å². The average Bonchev–Trinajstić information content (AvgIpc) is 1.57. The van der Waals surface area contributed by atoms with Crippen LogP contribution in [0.4, 0.5) is 0 Å². The number of aliphatic hydroxyl groups excluding tert-OH is 1. The smallest absolute Gasteiger partial charge is 0.462 e. The van der Waals surface area contributed by atoms with E-state index in [0.717, 1.165) is 128 Å². The van der Waals surface area contributed by atoms with Gasteiger partial charge >= 0.3 is 39.5 Å². The Bertz CT molecular complexity index is 1920. The highest BCUT2D eigenvalue weighted by atomic mass is 31.2. The fourth-order valence-electron chi connectivity index (χ4n) is 11.1. The van der Waals surface area contributed by atoms with Gasteiger partial charge in [-0.1, -0.05) is 322 Å². The first kappa shape index (κ1) is 92.5. The van der Waals surface area contributed by atoms with Crippen molar-refractivity contribution in [3.63, 3.8) is 0 Å². The summed E-state index contributed by atoms with van der Waals surface area (Å²) < 4.78 is 68.4. The Labute approximate surface area is 580 Å². The summed E-state index contributed by atoms with van der Waals surface area (Å²) in [6.45, 7) is 7.24. The SMILES string of the molecule is CCCCCC/C=C\C=C/CCCCCCCC(=O)OC[C@H](COP(=O)(O)OC[C@@H](O)COP(=O)(O)OC[C@@H](COC(=O)CCCCCCCCC)OC(=O)CCCCCCCCCCCCCCCCC)OC(=O)CCCCCCCCCCCCCCCCC(C)CC. The third-order valence-corrected chi connectivity index (χ3v) is 19.4. The summed E-state index contributed by atoms with van der Waals surface area (Å²) in [5.74, 6) is -1.30. The lowest BCUT2D eigenvalue weighted by atomic mass is 9.99. The normalized spacial score (nSPS) is 14.4. The van der Waals surface area contributed by atoms with Crippen LogP contribution in [0.15, 0.2) is 24.3 Å². The van der Waals surface area contributed by atoms with E-state index in [2.05, 4.69) is 58.9 Å². The van der Waals surface area contributed by atoms with Crippen LogP contribution in [0.2, 0.25) is 0 Å². The van der Waals surface area contributed by atoms with Gasteiger partial charge in [-0.25, -0.2) is 9.13 Å². The molecule has 3 N–H and O–H groups in total. The number of aliphatic hydroxyl groups is 1. The number of carbonyl (C=O) groups is 4. The largest absolute Gasteiger partial charge is 0.472 e. The molecule has 0 aromatic heterocycles. The Kier molecular flexibility index (Phi) is 66.9. The Morgan fingerprint density at radius 2 is 0.589 bits per heavy atom. The summed E-state index contributed by atoms with van der Waals surface area (Å²) in [5, 5.41) is 10.6. The maximum atomic E-state index is 13.1. The van der Waals surface area contributed by atoms with Crippen molar-refractivity contribution >= 4 is 39.5 Å². The zero-order valence-electron chi connectivity index (χ0n) is 61.3. The van der Waals surface area contributed by atoms with Crippen molar-refractivity contribution in [3.05, 3.63) is 24.3 Å². The first-order chi connectivity index (χ1) is 46.1. The van der Waals surface area contributed by atoms with Gasteiger partial charge in [-0.3, -0.25) is 37.3 Å². The number of esters is 4. The molecule has 95 heavy (non-hydrogen) atoms. The predicted molar refractivity (Wildman–Crippen MR) is 386 cm³/mol. The number of rotatable bonds is 74. The highest BCUT2D eigenvalue weighted by molar-refractivity contribution is 7.47. The molecule has 0 aromatic rings. The van der Waals surface area contributed by atoms with E-state index in [1.165, 1.54) is 167 Å². The number of hydrogen-bond acceptors (Lipinski definition) is 15. The summed E-state index contributed by atoms with van der Waals surface area (Å²) in [5.41, 5.74) is 0. The molecule has 560 valence electrons. The second kappa shape index (κ2) is 68.7. The van der Waals surface area contributed by atoms with Crippen LogP contribution in [0.1, 0.15) is 375 Å². The van der Waals surface area contributed by atoms with Gasteiger partial charge in [0.1, 0.15) is 19.3 Å². The predicted octanol–water partition coefficient (Wildman–Crippen LogP) is 22.0. The van der Waals surface area contributed by atoms with Gasteiger partial charge in [0.05, 0.1) is 26.4 Å². The van der Waals surface area contributed by atoms with Crippen molar-refractivity contribution in [1.82, 2.24) is 0 Å². The van der Waals surface area contributed by atoms with Crippen LogP contribution in [-0.4, -0.2) is 96.7 Å². The number of phosphoric acid groups is 2. The Morgan fingerprint density at radius 3 is 0.895 bits per heavy atom. The third-order valence-electron chi connectivity index (χ3n) is 17.5. The summed E-state index contributed by atoms with van der Waals surface area (Å²) in [6.07, 6.45) is 60.4. The molecule has 0 aliphatic rings. The van der Waals surface area contributed by atoms with Crippen LogP contribution in [0.25, 0.3) is 0 Å². The Balaban J connectivity index is 5.23. The zero-order valence-corrected chi connectivity index (χ0v) is 63.1. The highest BCUT2D eigenvalue weighted by Gasteiger charge is 2.30. The molecule has 6 atom stereocenters. The van der Waals surface area contributed by atoms with E-state index < -0.39 is 97.5 Å². The number of allylic oxidation sites excluding steroid dienone is 4. The summed E-state index contributed by atoms with van der Waals surface area (Å²) >= 11 is 0. The molecule has 0 saturated heterocycles. The fourth-order valence-corrected chi connectivity index (χ4v) is 12.7. The molecule has 0 aliphatic heterocycles. The lowest BCUT2D eigenvalue weighted by Crippen LogP contribution is -2.30. The van der Waals surface area contributed by atoms with Crippen molar-refractivity contribution < 1.29 is 80.2 Å². The summed E-state index contributed by atoms with van der Waals surface area (Å²) in [4.78, 5) is 72.7. The molecule has 0 aliphatic carbocycles. The van der Waals surface area contributed by atoms with Gasteiger partial charge in [-0.15, -0.1) is 0 Å². The van der Waals surface area contributed by atoms with E-state index in [9.17, 15) is 43.2 Å². The number of phosphoric ester groups is 2. The molecule has 0 spiro atoms. The van der Waals surface area contributed by atoms with Gasteiger partial charge in [0, 0.05) is 25.7 Å². The zero-order chi connectivity index (χ0) is 69.8. The van der Waals surface area contributed by atoms with Crippen LogP contribution in [-0.2, 0) is 65.4 Å². The Hall–Kier alpha value is -2.46. The van der Waals surface area contributed by atoms with Gasteiger partial charge in [0.15, 0.2) is 12.2 Å². The minimum absolute atomic E-state index is 0.101. The Morgan fingerprint density at radius 1 is 0.337 bits per heavy atom. The van der Waals surface area contributed by atoms with Crippen molar-refractivity contribution in [2.45, 2.75) is 393 Å². The molecule has 0 bridgehead atoms. The molecule has 17 nitrogen and oxygen atoms in total. The van der Waals surface area contributed by atoms with Gasteiger partial charge in [-0.2, -0.15) is 0 Å². The van der Waals surface area contributed by atoms with Gasteiger partial charge in [0.25, 0.3) is 0 Å². The maximum absolute atomic E-state index is 13.1. The number of carbonyl (C=O) groups excluding carboxylic acids is 4. The van der Waals surface area contributed by atoms with Crippen LogP contribution >= 0.6 is 15.6 Å². The molecule has 0 radical (unpaired) electrons. The van der Waals surface area contributed by atoms with Crippen molar-refractivity contribution in [2.75, 3.05) is 39.6 Å². The first-order valence-corrected chi connectivity index (χ1v) is 42.0. The summed E-state index contributed by atoms with van der Waals surface area (Å²) in [6, 6.07) is 0. The van der Waals surface area contributed by atoms with Crippen LogP contribution < -0.4 is 0 Å². The number of unbranched alkanes of at least 4 members (excludes halogenated alkanes) is 42. The molecule has 0 heterocycles. The van der Waals surface area contributed by atoms with Crippen molar-refractivity contribution in [2.24, 2.45) is 5.92 Å². The van der Waals surface area contributed by atoms with Crippen molar-refractivity contribution in [3.8, 4) is 0 Å². The lowest BCUT2D eigenvalue weighted by molar-refractivity contribution is -0.161. The minimum Gasteiger partial charge on any atom is -0.462 e. The molecule has 0 aromatic carbocycles. The van der Waals surface area contributed by atoms with E-state index in [0.29, 0.717) is 25.7 Å².